The summed E-state index contributed by atoms with van der Waals surface area (Å²) in [5, 5.41) is 4.20. The molecule has 2 saturated carbocycles. The van der Waals surface area contributed by atoms with Gasteiger partial charge in [0.15, 0.2) is 0 Å². The predicted molar refractivity (Wildman–Crippen MR) is 134 cm³/mol. The molecule has 0 radical (unpaired) electrons. The van der Waals surface area contributed by atoms with E-state index in [1.54, 1.807) is 0 Å². The van der Waals surface area contributed by atoms with Crippen molar-refractivity contribution >= 4 is 11.6 Å². The Morgan fingerprint density at radius 3 is 2.32 bits per heavy atom. The molecule has 7 N–H and O–H groups in total. The molecule has 1 aliphatic heterocycles. The Labute approximate surface area is 195 Å². The Bertz CT molecular complexity index is 571. The lowest BCUT2D eigenvalue weighted by Gasteiger charge is -2.46. The molecule has 4 rings (SSSR count). The number of allylic oxidation sites excluding steroid dienone is 4. The zero-order chi connectivity index (χ0) is 18.9. The van der Waals surface area contributed by atoms with E-state index in [0.717, 1.165) is 24.3 Å². The molecule has 5 nitrogen and oxygen atoms in total. The highest BCUT2D eigenvalue weighted by Gasteiger charge is 2.40. The number of rotatable bonds is 7. The molecule has 184 valence electrons. The van der Waals surface area contributed by atoms with Crippen LogP contribution < -0.4 is 5.32 Å². The van der Waals surface area contributed by atoms with E-state index in [1.807, 2.05) is 0 Å². The first-order chi connectivity index (χ1) is 13.0. The molecule has 4 aliphatic rings. The fourth-order valence-electron chi connectivity index (χ4n) is 5.80. The summed E-state index contributed by atoms with van der Waals surface area (Å²) in [6.07, 6.45) is 17.9. The van der Waals surface area contributed by atoms with Gasteiger partial charge in [0.25, 0.3) is 0 Å². The Morgan fingerprint density at radius 2 is 1.77 bits per heavy atom. The molecular formula is C25H49ClN2O3. The first kappa shape index (κ1) is 30.6. The maximum Gasteiger partial charge on any atom is 0.0553 e. The lowest BCUT2D eigenvalue weighted by molar-refractivity contribution is 0.0651. The molecule has 0 aromatic rings. The highest BCUT2D eigenvalue weighted by atomic mass is 35.5. The van der Waals surface area contributed by atoms with Crippen LogP contribution in [0.3, 0.4) is 0 Å². The molecule has 6 heteroatoms. The highest BCUT2D eigenvalue weighted by Crippen LogP contribution is 2.42. The van der Waals surface area contributed by atoms with Crippen LogP contribution >= 0.6 is 11.6 Å². The van der Waals surface area contributed by atoms with Crippen molar-refractivity contribution in [3.05, 3.63) is 23.8 Å². The minimum Gasteiger partial charge on any atom is -0.412 e. The second kappa shape index (κ2) is 13.3. The monoisotopic (exact) mass is 460 g/mol. The second-order valence-electron chi connectivity index (χ2n) is 10.4. The predicted octanol–water partition coefficient (Wildman–Crippen LogP) is 3.55. The third kappa shape index (κ3) is 8.13. The first-order valence-electron chi connectivity index (χ1n) is 11.5. The summed E-state index contributed by atoms with van der Waals surface area (Å²) in [6.45, 7) is 9.94. The van der Waals surface area contributed by atoms with Gasteiger partial charge in [0.05, 0.1) is 5.38 Å². The molecule has 0 aromatic heterocycles. The average Bonchev–Trinajstić information content (AvgIpc) is 3.35. The quantitative estimate of drug-likeness (QED) is 0.586. The molecular weight excluding hydrogens is 412 g/mol. The fourth-order valence-corrected chi connectivity index (χ4v) is 5.96. The van der Waals surface area contributed by atoms with E-state index < -0.39 is 0 Å². The maximum atomic E-state index is 6.24. The van der Waals surface area contributed by atoms with Crippen molar-refractivity contribution in [1.82, 2.24) is 10.2 Å². The van der Waals surface area contributed by atoms with Crippen LogP contribution in [0.2, 0.25) is 0 Å². The van der Waals surface area contributed by atoms with E-state index in [-0.39, 0.29) is 29.2 Å². The van der Waals surface area contributed by atoms with Gasteiger partial charge in [-0.05, 0) is 80.4 Å². The molecule has 0 amide bonds. The third-order valence-corrected chi connectivity index (χ3v) is 7.90. The van der Waals surface area contributed by atoms with Crippen molar-refractivity contribution < 1.29 is 16.4 Å². The van der Waals surface area contributed by atoms with E-state index in [9.17, 15) is 0 Å². The van der Waals surface area contributed by atoms with Gasteiger partial charge in [-0.2, -0.15) is 0 Å². The number of nitrogens with zero attached hydrogens (tertiary/aromatic N) is 1. The summed E-state index contributed by atoms with van der Waals surface area (Å²) in [5.74, 6) is 2.57. The number of likely N-dealkylation sites (tertiary alicyclic amines) is 1. The van der Waals surface area contributed by atoms with Crippen LogP contribution in [0.1, 0.15) is 72.6 Å². The van der Waals surface area contributed by atoms with Crippen LogP contribution in [0.25, 0.3) is 0 Å². The van der Waals surface area contributed by atoms with Gasteiger partial charge in [-0.3, -0.25) is 0 Å². The van der Waals surface area contributed by atoms with Gasteiger partial charge in [0, 0.05) is 19.1 Å². The Kier molecular flexibility index (Phi) is 13.1. The fraction of sp³-hybridized carbons (Fsp3) is 0.840. The van der Waals surface area contributed by atoms with Crippen molar-refractivity contribution in [2.45, 2.75) is 84.1 Å². The molecule has 0 aromatic carbocycles. The van der Waals surface area contributed by atoms with E-state index in [1.165, 1.54) is 76.7 Å². The zero-order valence-electron chi connectivity index (χ0n) is 18.9. The van der Waals surface area contributed by atoms with Crippen molar-refractivity contribution in [2.24, 2.45) is 23.2 Å². The molecule has 3 atom stereocenters. The minimum absolute atomic E-state index is 0. The van der Waals surface area contributed by atoms with Gasteiger partial charge < -0.3 is 26.6 Å². The lowest BCUT2D eigenvalue weighted by atomic mass is 9.69. The van der Waals surface area contributed by atoms with E-state index in [0.29, 0.717) is 11.3 Å². The number of hydrogen-bond acceptors (Lipinski definition) is 2. The first-order valence-corrected chi connectivity index (χ1v) is 11.9. The van der Waals surface area contributed by atoms with Crippen LogP contribution in [-0.4, -0.2) is 58.9 Å². The van der Waals surface area contributed by atoms with Crippen molar-refractivity contribution in [2.75, 3.05) is 26.2 Å². The molecule has 31 heavy (non-hydrogen) atoms. The van der Waals surface area contributed by atoms with E-state index >= 15 is 0 Å². The van der Waals surface area contributed by atoms with Crippen LogP contribution in [-0.2, 0) is 0 Å². The van der Waals surface area contributed by atoms with Gasteiger partial charge in [-0.1, -0.05) is 52.3 Å². The summed E-state index contributed by atoms with van der Waals surface area (Å²) in [6, 6.07) is 0.726. The normalized spacial score (nSPS) is 28.9. The number of alkyl halides is 1. The van der Waals surface area contributed by atoms with Crippen molar-refractivity contribution in [1.29, 1.82) is 0 Å². The summed E-state index contributed by atoms with van der Waals surface area (Å²) in [7, 11) is 0. The molecule has 0 spiro atoms. The number of halogens is 1. The SMILES string of the molecule is C.CC1(C)CN(C[C@H](NCC2CCCC2)C2CC2)CCC1C1=CCC(Cl)C=C1.O.O.O. The van der Waals surface area contributed by atoms with Gasteiger partial charge in [-0.15, -0.1) is 11.6 Å². The maximum absolute atomic E-state index is 6.24. The standard InChI is InChI=1S/C24H39ClN2.CH4.3H2O/c1-24(2)17-27(14-13-22(24)19-9-11-21(25)12-10-19)16-23(20-7-8-20)26-15-18-5-3-4-6-18;;;;/h9-11,18,20-23,26H,3-8,12-17H2,1-2H3;1H4;3*1H2/t21?,22?,23-;;;;/m0..../s1. The van der Waals surface area contributed by atoms with E-state index in [2.05, 4.69) is 42.3 Å². The van der Waals surface area contributed by atoms with Gasteiger partial charge in [-0.25, -0.2) is 0 Å². The van der Waals surface area contributed by atoms with Gasteiger partial charge >= 0.3 is 0 Å². The molecule has 3 aliphatic carbocycles. The van der Waals surface area contributed by atoms with Crippen LogP contribution in [0.4, 0.5) is 0 Å². The Hall–Kier alpha value is -0.430. The molecule has 1 saturated heterocycles. The second-order valence-corrected chi connectivity index (χ2v) is 10.9. The summed E-state index contributed by atoms with van der Waals surface area (Å²) < 4.78 is 0. The molecule has 0 bridgehead atoms. The molecule has 2 unspecified atom stereocenters. The Balaban J connectivity index is 0.00000225. The van der Waals surface area contributed by atoms with Crippen LogP contribution in [0, 0.1) is 23.2 Å². The van der Waals surface area contributed by atoms with Crippen molar-refractivity contribution in [3.63, 3.8) is 0 Å². The smallest absolute Gasteiger partial charge is 0.0553 e. The minimum atomic E-state index is 0. The van der Waals surface area contributed by atoms with E-state index in [4.69, 9.17) is 11.6 Å². The van der Waals surface area contributed by atoms with Crippen LogP contribution in [0.15, 0.2) is 23.8 Å². The largest absolute Gasteiger partial charge is 0.412 e. The highest BCUT2D eigenvalue weighted by molar-refractivity contribution is 6.22. The van der Waals surface area contributed by atoms with Gasteiger partial charge in [0.1, 0.15) is 0 Å². The lowest BCUT2D eigenvalue weighted by Crippen LogP contribution is -2.51. The average molecular weight is 461 g/mol. The number of nitrogens with one attached hydrogen (secondary N) is 1. The summed E-state index contributed by atoms with van der Waals surface area (Å²) in [5.41, 5.74) is 1.88. The third-order valence-electron chi connectivity index (χ3n) is 7.58. The zero-order valence-corrected chi connectivity index (χ0v) is 19.7. The van der Waals surface area contributed by atoms with Gasteiger partial charge in [0.2, 0.25) is 0 Å². The number of hydrogen-bond donors (Lipinski definition) is 1. The summed E-state index contributed by atoms with van der Waals surface area (Å²) in [4.78, 5) is 2.76. The molecule has 3 fully saturated rings. The van der Waals surface area contributed by atoms with Crippen molar-refractivity contribution in [3.8, 4) is 0 Å². The topological polar surface area (TPSA) is 110 Å². The molecule has 1 heterocycles. The Morgan fingerprint density at radius 1 is 1.10 bits per heavy atom. The van der Waals surface area contributed by atoms with Crippen LogP contribution in [0.5, 0.6) is 0 Å². The summed E-state index contributed by atoms with van der Waals surface area (Å²) >= 11 is 6.24. The number of piperidine rings is 1.